The van der Waals surface area contributed by atoms with E-state index in [4.69, 9.17) is 9.40 Å². The van der Waals surface area contributed by atoms with E-state index < -0.39 is 5.97 Å². The second-order valence-corrected chi connectivity index (χ2v) is 7.58. The number of rotatable bonds is 5. The van der Waals surface area contributed by atoms with Crippen molar-refractivity contribution in [1.29, 1.82) is 0 Å². The molecule has 0 spiro atoms. The number of aromatic nitrogens is 2. The fourth-order valence-corrected chi connectivity index (χ4v) is 4.23. The molecule has 0 saturated heterocycles. The average Bonchev–Trinajstić information content (AvgIpc) is 3.37. The van der Waals surface area contributed by atoms with Gasteiger partial charge in [-0.2, -0.15) is 0 Å². The Morgan fingerprint density at radius 3 is 2.66 bits per heavy atom. The van der Waals surface area contributed by atoms with Crippen LogP contribution in [-0.4, -0.2) is 22.6 Å². The van der Waals surface area contributed by atoms with Crippen molar-refractivity contribution < 1.29 is 13.9 Å². The minimum Gasteiger partial charge on any atom is -0.463 e. The van der Waals surface area contributed by atoms with Gasteiger partial charge in [0.15, 0.2) is 0 Å². The number of nitrogens with zero attached hydrogens (tertiary/aromatic N) is 2. The fraction of sp³-hybridized carbons (Fsp3) is 0.227. The van der Waals surface area contributed by atoms with Crippen molar-refractivity contribution in [3.05, 3.63) is 75.0 Å². The Labute approximate surface area is 171 Å². The number of benzene rings is 1. The molecule has 0 saturated carbocycles. The molecule has 0 bridgehead atoms. The van der Waals surface area contributed by atoms with Crippen molar-refractivity contribution >= 4 is 27.5 Å². The molecular formula is C22H20N2O4S. The number of hydrogen-bond donors (Lipinski definition) is 0. The highest BCUT2D eigenvalue weighted by molar-refractivity contribution is 7.17. The molecule has 7 heteroatoms. The summed E-state index contributed by atoms with van der Waals surface area (Å²) in [4.78, 5) is 30.5. The molecule has 0 unspecified atom stereocenters. The van der Waals surface area contributed by atoms with Gasteiger partial charge in [0, 0.05) is 17.4 Å². The fourth-order valence-electron chi connectivity index (χ4n) is 3.27. The Balaban J connectivity index is 1.83. The number of carbonyl (C=O) groups excluding carboxylic acids is 1. The molecule has 4 aromatic rings. The minimum atomic E-state index is -0.549. The zero-order valence-electron chi connectivity index (χ0n) is 16.4. The van der Waals surface area contributed by atoms with Crippen molar-refractivity contribution in [3.63, 3.8) is 0 Å². The molecule has 0 aliphatic heterocycles. The standard InChI is InChI=1S/C22H20N2O4S/c1-4-18-23-20-19(16(12-29-20)14-7-5-13(2)6-8-14)21(25)24(18)11-15-9-10-17(28-15)22(26)27-3/h5-10,12H,4,11H2,1-3H3. The van der Waals surface area contributed by atoms with Crippen molar-refractivity contribution in [2.24, 2.45) is 0 Å². The maximum absolute atomic E-state index is 13.4. The number of aryl methyl sites for hydroxylation is 2. The Kier molecular flexibility index (Phi) is 5.07. The number of thiophene rings is 1. The summed E-state index contributed by atoms with van der Waals surface area (Å²) in [5, 5.41) is 2.59. The van der Waals surface area contributed by atoms with Crippen LogP contribution >= 0.6 is 11.3 Å². The minimum absolute atomic E-state index is 0.110. The number of ether oxygens (including phenoxy) is 1. The molecule has 1 aromatic carbocycles. The Morgan fingerprint density at radius 1 is 1.21 bits per heavy atom. The highest BCUT2D eigenvalue weighted by Crippen LogP contribution is 2.31. The zero-order valence-corrected chi connectivity index (χ0v) is 17.2. The van der Waals surface area contributed by atoms with Gasteiger partial charge in [0.2, 0.25) is 5.76 Å². The third-order valence-corrected chi connectivity index (χ3v) is 5.69. The molecule has 0 atom stereocenters. The topological polar surface area (TPSA) is 74.3 Å². The molecule has 4 rings (SSSR count). The van der Waals surface area contributed by atoms with E-state index >= 15 is 0 Å². The van der Waals surface area contributed by atoms with Crippen LogP contribution < -0.4 is 5.56 Å². The molecule has 3 heterocycles. The van der Waals surface area contributed by atoms with Gasteiger partial charge in [-0.15, -0.1) is 11.3 Å². The van der Waals surface area contributed by atoms with E-state index in [2.05, 4.69) is 4.74 Å². The third-order valence-electron chi connectivity index (χ3n) is 4.81. The lowest BCUT2D eigenvalue weighted by Gasteiger charge is -2.10. The van der Waals surface area contributed by atoms with Crippen molar-refractivity contribution in [2.75, 3.05) is 7.11 Å². The van der Waals surface area contributed by atoms with Crippen LogP contribution in [0.3, 0.4) is 0 Å². The first kappa shape index (κ1) is 19.1. The van der Waals surface area contributed by atoms with Crippen LogP contribution in [0, 0.1) is 6.92 Å². The Hall–Kier alpha value is -3.19. The first-order chi connectivity index (χ1) is 14.0. The average molecular weight is 408 g/mol. The molecule has 0 aliphatic rings. The van der Waals surface area contributed by atoms with E-state index in [1.54, 1.807) is 16.7 Å². The van der Waals surface area contributed by atoms with Crippen LogP contribution in [0.15, 0.2) is 51.0 Å². The molecule has 0 fully saturated rings. The summed E-state index contributed by atoms with van der Waals surface area (Å²) in [6.45, 7) is 4.19. The predicted octanol–water partition coefficient (Wildman–Crippen LogP) is 4.42. The monoisotopic (exact) mass is 408 g/mol. The molecule has 6 nitrogen and oxygen atoms in total. The molecule has 29 heavy (non-hydrogen) atoms. The van der Waals surface area contributed by atoms with Crippen molar-refractivity contribution in [1.82, 2.24) is 9.55 Å². The summed E-state index contributed by atoms with van der Waals surface area (Å²) in [6.07, 6.45) is 0.605. The molecule has 0 amide bonds. The lowest BCUT2D eigenvalue weighted by atomic mass is 10.0. The van der Waals surface area contributed by atoms with Crippen molar-refractivity contribution in [3.8, 4) is 11.1 Å². The van der Waals surface area contributed by atoms with Crippen LogP contribution in [0.1, 0.15) is 34.6 Å². The second-order valence-electron chi connectivity index (χ2n) is 6.73. The van der Waals surface area contributed by atoms with E-state index in [0.29, 0.717) is 23.4 Å². The summed E-state index contributed by atoms with van der Waals surface area (Å²) >= 11 is 1.47. The maximum Gasteiger partial charge on any atom is 0.373 e. The highest BCUT2D eigenvalue weighted by Gasteiger charge is 2.18. The van der Waals surface area contributed by atoms with E-state index in [0.717, 1.165) is 21.5 Å². The molecule has 0 aliphatic carbocycles. The summed E-state index contributed by atoms with van der Waals surface area (Å²) in [6, 6.07) is 11.3. The van der Waals surface area contributed by atoms with Gasteiger partial charge in [-0.1, -0.05) is 36.8 Å². The smallest absolute Gasteiger partial charge is 0.373 e. The van der Waals surface area contributed by atoms with Crippen LogP contribution in [-0.2, 0) is 17.7 Å². The normalized spacial score (nSPS) is 11.1. The van der Waals surface area contributed by atoms with Crippen LogP contribution in [0.25, 0.3) is 21.3 Å². The largest absolute Gasteiger partial charge is 0.463 e. The molecule has 148 valence electrons. The third kappa shape index (κ3) is 3.49. The lowest BCUT2D eigenvalue weighted by Crippen LogP contribution is -2.25. The van der Waals surface area contributed by atoms with E-state index in [-0.39, 0.29) is 17.9 Å². The van der Waals surface area contributed by atoms with Gasteiger partial charge in [0.1, 0.15) is 16.4 Å². The zero-order chi connectivity index (χ0) is 20.5. The Bertz CT molecular complexity index is 1250. The van der Waals surface area contributed by atoms with Gasteiger partial charge in [0.05, 0.1) is 19.0 Å². The summed E-state index contributed by atoms with van der Waals surface area (Å²) in [7, 11) is 1.30. The van der Waals surface area contributed by atoms with Gasteiger partial charge >= 0.3 is 5.97 Å². The van der Waals surface area contributed by atoms with Crippen molar-refractivity contribution in [2.45, 2.75) is 26.8 Å². The summed E-state index contributed by atoms with van der Waals surface area (Å²) in [5.41, 5.74) is 2.92. The highest BCUT2D eigenvalue weighted by atomic mass is 32.1. The number of hydrogen-bond acceptors (Lipinski definition) is 6. The lowest BCUT2D eigenvalue weighted by molar-refractivity contribution is 0.0563. The molecule has 0 radical (unpaired) electrons. The van der Waals surface area contributed by atoms with Gasteiger partial charge in [0.25, 0.3) is 5.56 Å². The molecule has 0 N–H and O–H groups in total. The van der Waals surface area contributed by atoms with Gasteiger partial charge in [-0.3, -0.25) is 9.36 Å². The van der Waals surface area contributed by atoms with Crippen LogP contribution in [0.4, 0.5) is 0 Å². The van der Waals surface area contributed by atoms with Gasteiger partial charge < -0.3 is 9.15 Å². The molecule has 3 aromatic heterocycles. The first-order valence-electron chi connectivity index (χ1n) is 9.26. The number of furan rings is 1. The van der Waals surface area contributed by atoms with E-state index in [1.807, 2.05) is 43.5 Å². The van der Waals surface area contributed by atoms with E-state index in [1.165, 1.54) is 18.4 Å². The SMILES string of the molecule is CCc1nc2scc(-c3ccc(C)cc3)c2c(=O)n1Cc1ccc(C(=O)OC)o1. The Morgan fingerprint density at radius 2 is 1.97 bits per heavy atom. The number of esters is 1. The number of carbonyl (C=O) groups is 1. The number of methoxy groups -OCH3 is 1. The number of fused-ring (bicyclic) bond motifs is 1. The summed E-state index contributed by atoms with van der Waals surface area (Å²) < 4.78 is 11.9. The maximum atomic E-state index is 13.4. The predicted molar refractivity (Wildman–Crippen MR) is 113 cm³/mol. The van der Waals surface area contributed by atoms with Crippen LogP contribution in [0.2, 0.25) is 0 Å². The van der Waals surface area contributed by atoms with E-state index in [9.17, 15) is 9.59 Å². The summed E-state index contributed by atoms with van der Waals surface area (Å²) in [5.74, 6) is 0.734. The van der Waals surface area contributed by atoms with Crippen LogP contribution in [0.5, 0.6) is 0 Å². The first-order valence-corrected chi connectivity index (χ1v) is 10.1. The quantitative estimate of drug-likeness (QED) is 0.457. The van der Waals surface area contributed by atoms with Gasteiger partial charge in [-0.05, 0) is 24.6 Å². The second kappa shape index (κ2) is 7.67. The van der Waals surface area contributed by atoms with Gasteiger partial charge in [-0.25, -0.2) is 9.78 Å². The molecular weight excluding hydrogens is 388 g/mol.